The summed E-state index contributed by atoms with van der Waals surface area (Å²) in [5, 5.41) is 39.9. The van der Waals surface area contributed by atoms with Crippen molar-refractivity contribution >= 4 is 11.9 Å². The molecule has 0 amide bonds. The van der Waals surface area contributed by atoms with Crippen LogP contribution in [0.15, 0.2) is 60.8 Å². The third-order valence-electron chi connectivity index (χ3n) is 8.39. The van der Waals surface area contributed by atoms with Crippen LogP contribution in [0.2, 0.25) is 0 Å². The van der Waals surface area contributed by atoms with E-state index >= 15 is 0 Å². The maximum absolute atomic E-state index is 12.7. The first-order valence-corrected chi connectivity index (χ1v) is 19.4. The zero-order valence-corrected chi connectivity index (χ0v) is 31.3. The molecule has 0 bridgehead atoms. The van der Waals surface area contributed by atoms with Crippen LogP contribution in [0.5, 0.6) is 0 Å². The Labute approximate surface area is 307 Å². The van der Waals surface area contributed by atoms with E-state index < -0.39 is 55.4 Å². The molecular weight excluding hydrogens is 652 g/mol. The van der Waals surface area contributed by atoms with Crippen LogP contribution in [0.25, 0.3) is 0 Å². The molecule has 1 heterocycles. The Hall–Kier alpha value is -2.60. The van der Waals surface area contributed by atoms with Crippen molar-refractivity contribution in [3.8, 4) is 0 Å². The molecule has 1 rings (SSSR count). The van der Waals surface area contributed by atoms with Gasteiger partial charge >= 0.3 is 11.9 Å². The van der Waals surface area contributed by atoms with E-state index in [-0.39, 0.29) is 26.1 Å². The molecule has 10 nitrogen and oxygen atoms in total. The van der Waals surface area contributed by atoms with Crippen LogP contribution in [-0.2, 0) is 28.5 Å². The summed E-state index contributed by atoms with van der Waals surface area (Å²) in [6.07, 6.45) is 29.5. The van der Waals surface area contributed by atoms with Crippen molar-refractivity contribution in [2.75, 3.05) is 19.8 Å². The molecule has 2 unspecified atom stereocenters. The molecule has 10 heteroatoms. The van der Waals surface area contributed by atoms with Gasteiger partial charge in [-0.3, -0.25) is 9.59 Å². The van der Waals surface area contributed by atoms with E-state index in [1.54, 1.807) is 0 Å². The first-order chi connectivity index (χ1) is 24.8. The van der Waals surface area contributed by atoms with Crippen LogP contribution < -0.4 is 0 Å². The fraction of sp³-hybridized carbons (Fsp3) is 0.707. The predicted molar refractivity (Wildman–Crippen MR) is 201 cm³/mol. The fourth-order valence-electron chi connectivity index (χ4n) is 5.27. The summed E-state index contributed by atoms with van der Waals surface area (Å²) in [5.41, 5.74) is 0. The largest absolute Gasteiger partial charge is 0.462 e. The number of carbonyl (C=O) groups is 2. The number of allylic oxidation sites excluding steroid dienone is 10. The van der Waals surface area contributed by atoms with Crippen molar-refractivity contribution in [2.45, 2.75) is 166 Å². The summed E-state index contributed by atoms with van der Waals surface area (Å²) in [4.78, 5) is 25.1. The second-order valence-corrected chi connectivity index (χ2v) is 13.0. The van der Waals surface area contributed by atoms with Crippen molar-refractivity contribution in [3.63, 3.8) is 0 Å². The summed E-state index contributed by atoms with van der Waals surface area (Å²) in [6.45, 7) is 3.18. The zero-order valence-electron chi connectivity index (χ0n) is 31.3. The molecule has 6 atom stereocenters. The molecule has 1 saturated heterocycles. The van der Waals surface area contributed by atoms with E-state index in [0.717, 1.165) is 77.0 Å². The molecule has 0 aromatic rings. The number of rotatable bonds is 30. The summed E-state index contributed by atoms with van der Waals surface area (Å²) >= 11 is 0. The molecule has 0 saturated carbocycles. The third kappa shape index (κ3) is 24.3. The van der Waals surface area contributed by atoms with Crippen LogP contribution in [0.4, 0.5) is 0 Å². The van der Waals surface area contributed by atoms with Gasteiger partial charge in [-0.15, -0.1) is 0 Å². The van der Waals surface area contributed by atoms with Crippen molar-refractivity contribution in [1.29, 1.82) is 0 Å². The van der Waals surface area contributed by atoms with Gasteiger partial charge in [0.25, 0.3) is 0 Å². The standard InChI is InChI=1S/C41H68O10/c1-3-5-7-9-11-13-15-16-17-18-20-21-23-25-27-29-36(43)48-32-34(33-49-41-40(47)39(46)38(45)35(31-42)51-41)50-37(44)30-28-26-24-22-19-14-12-10-8-6-4-2/h5,7,10-13,16-17,20-21,34-35,38-42,45-47H,3-4,6,8-9,14-15,18-19,22-33H2,1-2H3/b7-5+,12-10+,13-11+,17-16+,21-20+/t34-,35-,38+,39?,40?,41-/m0/s1. The third-order valence-corrected chi connectivity index (χ3v) is 8.39. The average molecular weight is 721 g/mol. The van der Waals surface area contributed by atoms with Gasteiger partial charge in [0, 0.05) is 12.8 Å². The monoisotopic (exact) mass is 720 g/mol. The Balaban J connectivity index is 2.44. The Morgan fingerprint density at radius 2 is 1.16 bits per heavy atom. The van der Waals surface area contributed by atoms with Crippen LogP contribution in [0.1, 0.15) is 129 Å². The lowest BCUT2D eigenvalue weighted by molar-refractivity contribution is -0.305. The van der Waals surface area contributed by atoms with Crippen molar-refractivity contribution < 1.29 is 49.0 Å². The highest BCUT2D eigenvalue weighted by atomic mass is 16.7. The second kappa shape index (κ2) is 32.1. The van der Waals surface area contributed by atoms with Gasteiger partial charge in [0.2, 0.25) is 0 Å². The van der Waals surface area contributed by atoms with Crippen LogP contribution in [-0.4, -0.2) is 89.0 Å². The highest BCUT2D eigenvalue weighted by Gasteiger charge is 2.44. The molecule has 292 valence electrons. The molecule has 0 spiro atoms. The molecule has 0 aliphatic carbocycles. The summed E-state index contributed by atoms with van der Waals surface area (Å²) in [5.74, 6) is -0.875. The first kappa shape index (κ1) is 46.4. The van der Waals surface area contributed by atoms with E-state index in [1.807, 2.05) is 0 Å². The minimum absolute atomic E-state index is 0.207. The van der Waals surface area contributed by atoms with Gasteiger partial charge in [-0.2, -0.15) is 0 Å². The smallest absolute Gasteiger partial charge is 0.306 e. The molecular formula is C41H68O10. The molecule has 0 radical (unpaired) electrons. The Kier molecular flexibility index (Phi) is 29.2. The van der Waals surface area contributed by atoms with Gasteiger partial charge in [-0.25, -0.2) is 0 Å². The van der Waals surface area contributed by atoms with Gasteiger partial charge < -0.3 is 39.4 Å². The SMILES string of the molecule is CC/C=C/C/C=C/C/C=C/C/C=C/CCCCC(=O)OC[C@@H](CO[C@H]1O[C@@H](CO)[C@@H](O)C(O)C1O)OC(=O)CCCCCCC/C=C/CCCC. The van der Waals surface area contributed by atoms with E-state index in [2.05, 4.69) is 74.6 Å². The number of esters is 2. The fourth-order valence-corrected chi connectivity index (χ4v) is 5.27. The Bertz CT molecular complexity index is 1020. The highest BCUT2D eigenvalue weighted by Crippen LogP contribution is 2.22. The molecule has 1 fully saturated rings. The average Bonchev–Trinajstić information content (AvgIpc) is 3.13. The number of unbranched alkanes of at least 4 members (excludes halogenated alkanes) is 9. The van der Waals surface area contributed by atoms with Crippen LogP contribution >= 0.6 is 0 Å². The van der Waals surface area contributed by atoms with E-state index in [4.69, 9.17) is 18.9 Å². The quantitative estimate of drug-likeness (QED) is 0.0344. The minimum Gasteiger partial charge on any atom is -0.462 e. The van der Waals surface area contributed by atoms with Gasteiger partial charge in [-0.1, -0.05) is 107 Å². The van der Waals surface area contributed by atoms with Crippen LogP contribution in [0, 0.1) is 0 Å². The first-order valence-electron chi connectivity index (χ1n) is 19.4. The number of hydrogen-bond acceptors (Lipinski definition) is 10. The maximum atomic E-state index is 12.7. The molecule has 0 aromatic carbocycles. The lowest BCUT2D eigenvalue weighted by Crippen LogP contribution is -2.59. The molecule has 0 aromatic heterocycles. The topological polar surface area (TPSA) is 152 Å². The maximum Gasteiger partial charge on any atom is 0.306 e. The van der Waals surface area contributed by atoms with Gasteiger partial charge in [0.15, 0.2) is 12.4 Å². The Morgan fingerprint density at radius 1 is 0.627 bits per heavy atom. The van der Waals surface area contributed by atoms with Crippen molar-refractivity contribution in [3.05, 3.63) is 60.8 Å². The van der Waals surface area contributed by atoms with Gasteiger partial charge in [0.05, 0.1) is 13.2 Å². The van der Waals surface area contributed by atoms with Crippen LogP contribution in [0.3, 0.4) is 0 Å². The van der Waals surface area contributed by atoms with Gasteiger partial charge in [-0.05, 0) is 70.6 Å². The molecule has 4 N–H and O–H groups in total. The predicted octanol–water partition coefficient (Wildman–Crippen LogP) is 7.10. The molecule has 1 aliphatic rings. The highest BCUT2D eigenvalue weighted by molar-refractivity contribution is 5.70. The minimum atomic E-state index is -1.60. The summed E-state index contributed by atoms with van der Waals surface area (Å²) in [6, 6.07) is 0. The number of carbonyl (C=O) groups excluding carboxylic acids is 2. The van der Waals surface area contributed by atoms with Gasteiger partial charge in [0.1, 0.15) is 31.0 Å². The lowest BCUT2D eigenvalue weighted by Gasteiger charge is -2.39. The molecule has 1 aliphatic heterocycles. The second-order valence-electron chi connectivity index (χ2n) is 13.0. The number of aliphatic hydroxyl groups excluding tert-OH is 4. The van der Waals surface area contributed by atoms with E-state index in [0.29, 0.717) is 12.8 Å². The van der Waals surface area contributed by atoms with Crippen molar-refractivity contribution in [2.24, 2.45) is 0 Å². The summed E-state index contributed by atoms with van der Waals surface area (Å²) in [7, 11) is 0. The van der Waals surface area contributed by atoms with Crippen molar-refractivity contribution in [1.82, 2.24) is 0 Å². The van der Waals surface area contributed by atoms with E-state index in [1.165, 1.54) is 12.8 Å². The molecule has 51 heavy (non-hydrogen) atoms. The number of ether oxygens (including phenoxy) is 4. The number of hydrogen-bond donors (Lipinski definition) is 4. The Morgan fingerprint density at radius 3 is 1.80 bits per heavy atom. The lowest BCUT2D eigenvalue weighted by atomic mass is 9.99. The normalized spacial score (nSPS) is 21.9. The zero-order chi connectivity index (χ0) is 37.4. The van der Waals surface area contributed by atoms with E-state index in [9.17, 15) is 30.0 Å². The summed E-state index contributed by atoms with van der Waals surface area (Å²) < 4.78 is 22.0. The number of aliphatic hydroxyl groups is 4.